The molecule has 3 rings (SSSR count). The standard InChI is InChI=1S/C18H18N2O3S/c1-13-11-15(21)16(23-18(22)14-5-3-2-4-6-14)12-20(13)9-7-17-19-8-10-24-17/h2-6,11-12H,7-10H2,1H3. The first kappa shape index (κ1) is 16.5. The molecular formula is C18H18N2O3S. The van der Waals surface area contributed by atoms with Gasteiger partial charge in [-0.1, -0.05) is 18.2 Å². The molecule has 1 aromatic carbocycles. The minimum Gasteiger partial charge on any atom is -0.417 e. The third-order valence-electron chi connectivity index (χ3n) is 3.74. The Morgan fingerprint density at radius 1 is 1.33 bits per heavy atom. The minimum atomic E-state index is -0.529. The summed E-state index contributed by atoms with van der Waals surface area (Å²) in [6.45, 7) is 3.45. The molecule has 1 aliphatic rings. The highest BCUT2D eigenvalue weighted by Crippen LogP contribution is 2.16. The molecule has 0 bridgehead atoms. The molecule has 0 atom stereocenters. The van der Waals surface area contributed by atoms with Crippen molar-refractivity contribution in [2.45, 2.75) is 19.9 Å². The van der Waals surface area contributed by atoms with E-state index in [4.69, 9.17) is 4.74 Å². The third-order valence-corrected chi connectivity index (χ3v) is 4.79. The summed E-state index contributed by atoms with van der Waals surface area (Å²) in [5, 5.41) is 1.14. The number of rotatable bonds is 5. The number of carbonyl (C=O) groups excluding carboxylic acids is 1. The predicted molar refractivity (Wildman–Crippen MR) is 96.2 cm³/mol. The largest absolute Gasteiger partial charge is 0.417 e. The Balaban J connectivity index is 1.76. The van der Waals surface area contributed by atoms with Gasteiger partial charge in [0.05, 0.1) is 16.8 Å². The zero-order valence-electron chi connectivity index (χ0n) is 13.4. The van der Waals surface area contributed by atoms with Crippen molar-refractivity contribution in [3.8, 4) is 5.75 Å². The average Bonchev–Trinajstić information content (AvgIpc) is 3.10. The molecular weight excluding hydrogens is 324 g/mol. The van der Waals surface area contributed by atoms with Crippen LogP contribution in [0.2, 0.25) is 0 Å². The Morgan fingerprint density at radius 3 is 2.83 bits per heavy atom. The fourth-order valence-corrected chi connectivity index (χ4v) is 3.28. The predicted octanol–water partition coefficient (Wildman–Crippen LogP) is 2.91. The lowest BCUT2D eigenvalue weighted by Crippen LogP contribution is -2.18. The fourth-order valence-electron chi connectivity index (χ4n) is 2.45. The maximum atomic E-state index is 12.1. The van der Waals surface area contributed by atoms with Gasteiger partial charge in [-0.3, -0.25) is 9.79 Å². The van der Waals surface area contributed by atoms with Crippen molar-refractivity contribution >= 4 is 22.8 Å². The first-order valence-corrected chi connectivity index (χ1v) is 8.76. The van der Waals surface area contributed by atoms with Crippen molar-refractivity contribution in [3.05, 3.63) is 64.1 Å². The van der Waals surface area contributed by atoms with Crippen LogP contribution in [0.1, 0.15) is 22.5 Å². The highest BCUT2D eigenvalue weighted by atomic mass is 32.2. The number of aromatic nitrogens is 1. The topological polar surface area (TPSA) is 60.7 Å². The summed E-state index contributed by atoms with van der Waals surface area (Å²) in [5.41, 5.74) is 0.962. The van der Waals surface area contributed by atoms with Crippen molar-refractivity contribution < 1.29 is 9.53 Å². The summed E-state index contributed by atoms with van der Waals surface area (Å²) in [4.78, 5) is 28.7. The number of benzene rings is 1. The second-order valence-corrected chi connectivity index (χ2v) is 6.63. The van der Waals surface area contributed by atoms with Crippen molar-refractivity contribution in [3.63, 3.8) is 0 Å². The van der Waals surface area contributed by atoms with Gasteiger partial charge < -0.3 is 9.30 Å². The van der Waals surface area contributed by atoms with Crippen LogP contribution in [-0.4, -0.2) is 27.9 Å². The Bertz CT molecular complexity index is 828. The van der Waals surface area contributed by atoms with Crippen molar-refractivity contribution in [1.82, 2.24) is 4.57 Å². The molecule has 2 aromatic rings. The molecule has 1 aliphatic heterocycles. The third kappa shape index (κ3) is 3.94. The van der Waals surface area contributed by atoms with Crippen LogP contribution < -0.4 is 10.2 Å². The number of hydrogen-bond acceptors (Lipinski definition) is 5. The molecule has 0 unspecified atom stereocenters. The van der Waals surface area contributed by atoms with Gasteiger partial charge in [0.2, 0.25) is 5.43 Å². The van der Waals surface area contributed by atoms with Gasteiger partial charge in [-0.15, -0.1) is 11.8 Å². The van der Waals surface area contributed by atoms with E-state index in [1.165, 1.54) is 6.07 Å². The molecule has 0 aliphatic carbocycles. The molecule has 0 saturated carbocycles. The molecule has 0 N–H and O–H groups in total. The van der Waals surface area contributed by atoms with Gasteiger partial charge in [0.15, 0.2) is 5.75 Å². The lowest BCUT2D eigenvalue weighted by molar-refractivity contribution is 0.0731. The van der Waals surface area contributed by atoms with E-state index in [1.807, 2.05) is 17.6 Å². The van der Waals surface area contributed by atoms with Gasteiger partial charge in [0.25, 0.3) is 0 Å². The van der Waals surface area contributed by atoms with Crippen LogP contribution in [0, 0.1) is 6.92 Å². The van der Waals surface area contributed by atoms with Gasteiger partial charge in [-0.2, -0.15) is 0 Å². The first-order chi connectivity index (χ1) is 11.6. The monoisotopic (exact) mass is 342 g/mol. The number of esters is 1. The molecule has 5 nitrogen and oxygen atoms in total. The van der Waals surface area contributed by atoms with Crippen LogP contribution in [0.3, 0.4) is 0 Å². The van der Waals surface area contributed by atoms with Crippen molar-refractivity contribution in [2.75, 3.05) is 12.3 Å². The number of hydrogen-bond donors (Lipinski definition) is 0. The number of nitrogens with zero attached hydrogens (tertiary/aromatic N) is 2. The molecule has 2 heterocycles. The molecule has 0 amide bonds. The average molecular weight is 342 g/mol. The Morgan fingerprint density at radius 2 is 2.12 bits per heavy atom. The minimum absolute atomic E-state index is 0.0514. The summed E-state index contributed by atoms with van der Waals surface area (Å²) < 4.78 is 7.22. The van der Waals surface area contributed by atoms with Gasteiger partial charge in [0.1, 0.15) is 0 Å². The maximum absolute atomic E-state index is 12.1. The number of carbonyl (C=O) groups is 1. The van der Waals surface area contributed by atoms with Crippen LogP contribution in [0.5, 0.6) is 5.75 Å². The van der Waals surface area contributed by atoms with Crippen molar-refractivity contribution in [1.29, 1.82) is 0 Å². The quantitative estimate of drug-likeness (QED) is 0.784. The SMILES string of the molecule is Cc1cc(=O)c(OC(=O)c2ccccc2)cn1CCC1=NCCS1. The first-order valence-electron chi connectivity index (χ1n) is 7.78. The Labute approximate surface area is 144 Å². The van der Waals surface area contributed by atoms with Gasteiger partial charge in [0, 0.05) is 37.0 Å². The zero-order valence-corrected chi connectivity index (χ0v) is 14.2. The van der Waals surface area contributed by atoms with Crippen LogP contribution in [0.15, 0.2) is 52.4 Å². The van der Waals surface area contributed by atoms with Crippen LogP contribution in [0.4, 0.5) is 0 Å². The van der Waals surface area contributed by atoms with Crippen LogP contribution in [0.25, 0.3) is 0 Å². The van der Waals surface area contributed by atoms with E-state index in [1.54, 1.807) is 42.2 Å². The zero-order chi connectivity index (χ0) is 16.9. The van der Waals surface area contributed by atoms with Gasteiger partial charge >= 0.3 is 5.97 Å². The van der Waals surface area contributed by atoms with E-state index in [2.05, 4.69) is 4.99 Å². The van der Waals surface area contributed by atoms with Gasteiger partial charge in [-0.05, 0) is 19.1 Å². The molecule has 1 aromatic heterocycles. The summed E-state index contributed by atoms with van der Waals surface area (Å²) in [6, 6.07) is 10.1. The molecule has 24 heavy (non-hydrogen) atoms. The molecule has 6 heteroatoms. The lowest BCUT2D eigenvalue weighted by atomic mass is 10.2. The van der Waals surface area contributed by atoms with E-state index in [0.29, 0.717) is 12.1 Å². The highest BCUT2D eigenvalue weighted by molar-refractivity contribution is 8.14. The number of aryl methyl sites for hydroxylation is 2. The lowest BCUT2D eigenvalue weighted by Gasteiger charge is -2.12. The molecule has 0 fully saturated rings. The fraction of sp³-hybridized carbons (Fsp3) is 0.278. The van der Waals surface area contributed by atoms with E-state index in [0.717, 1.165) is 29.5 Å². The van der Waals surface area contributed by atoms with Gasteiger partial charge in [-0.25, -0.2) is 4.79 Å². The summed E-state index contributed by atoms with van der Waals surface area (Å²) >= 11 is 1.77. The second-order valence-electron chi connectivity index (χ2n) is 5.47. The number of thioether (sulfide) groups is 1. The normalized spacial score (nSPS) is 13.6. The Kier molecular flexibility index (Phi) is 5.15. The van der Waals surface area contributed by atoms with E-state index in [-0.39, 0.29) is 11.2 Å². The summed E-state index contributed by atoms with van der Waals surface area (Å²) in [7, 11) is 0. The summed E-state index contributed by atoms with van der Waals surface area (Å²) in [5.74, 6) is 0.563. The second kappa shape index (κ2) is 7.49. The van der Waals surface area contributed by atoms with E-state index >= 15 is 0 Å². The maximum Gasteiger partial charge on any atom is 0.343 e. The van der Waals surface area contributed by atoms with Crippen LogP contribution >= 0.6 is 11.8 Å². The highest BCUT2D eigenvalue weighted by Gasteiger charge is 2.13. The molecule has 0 saturated heterocycles. The van der Waals surface area contributed by atoms with Crippen LogP contribution in [-0.2, 0) is 6.54 Å². The summed E-state index contributed by atoms with van der Waals surface area (Å²) in [6.07, 6.45) is 2.43. The molecule has 0 radical (unpaired) electrons. The molecule has 0 spiro atoms. The van der Waals surface area contributed by atoms with E-state index in [9.17, 15) is 9.59 Å². The van der Waals surface area contributed by atoms with E-state index < -0.39 is 5.97 Å². The number of pyridine rings is 1. The number of aliphatic imine (C=N–C) groups is 1. The van der Waals surface area contributed by atoms with Crippen molar-refractivity contribution in [2.24, 2.45) is 4.99 Å². The smallest absolute Gasteiger partial charge is 0.343 e. The Hall–Kier alpha value is -2.34. The molecule has 124 valence electrons. The number of ether oxygens (including phenoxy) is 1.